The number of methoxy groups -OCH3 is 1. The number of carbonyl (C=O) groups excluding carboxylic acids is 3. The first-order valence-corrected chi connectivity index (χ1v) is 13.5. The highest BCUT2D eigenvalue weighted by molar-refractivity contribution is 6.31. The normalized spacial score (nSPS) is 29.4. The minimum atomic E-state index is -1.97. The summed E-state index contributed by atoms with van der Waals surface area (Å²) in [6.07, 6.45) is -2.08. The van der Waals surface area contributed by atoms with Gasteiger partial charge in [-0.1, -0.05) is 25.5 Å². The SMILES string of the molecule is CCCC1CC(OC2CC(O)(C(C)=O)Cc3c(O)c4c(c(O)c32)C(=O)c2c(OC)cccc2C4=O)OC(C)C1O. The second kappa shape index (κ2) is 10.3. The van der Waals surface area contributed by atoms with Gasteiger partial charge in [-0.25, -0.2) is 0 Å². The molecule has 214 valence electrons. The molecule has 2 aromatic rings. The fourth-order valence-electron chi connectivity index (χ4n) is 6.38. The predicted molar refractivity (Wildman–Crippen MR) is 141 cm³/mol. The Kier molecular flexibility index (Phi) is 7.24. The number of hydrogen-bond acceptors (Lipinski definition) is 10. The van der Waals surface area contributed by atoms with Gasteiger partial charge in [-0.15, -0.1) is 0 Å². The first-order valence-electron chi connectivity index (χ1n) is 13.5. The molecular weight excluding hydrogens is 520 g/mol. The molecule has 6 unspecified atom stereocenters. The van der Waals surface area contributed by atoms with Gasteiger partial charge in [-0.05, 0) is 32.3 Å². The van der Waals surface area contributed by atoms with Gasteiger partial charge in [-0.2, -0.15) is 0 Å². The van der Waals surface area contributed by atoms with Gasteiger partial charge in [0.25, 0.3) is 0 Å². The summed E-state index contributed by atoms with van der Waals surface area (Å²) in [5.74, 6) is -3.14. The lowest BCUT2D eigenvalue weighted by molar-refractivity contribution is -0.257. The summed E-state index contributed by atoms with van der Waals surface area (Å²) in [5.41, 5.74) is -2.84. The number of hydrogen-bond donors (Lipinski definition) is 4. The van der Waals surface area contributed by atoms with Crippen LogP contribution in [0.25, 0.3) is 0 Å². The Morgan fingerprint density at radius 1 is 1.12 bits per heavy atom. The van der Waals surface area contributed by atoms with E-state index in [9.17, 15) is 34.8 Å². The molecule has 1 aliphatic heterocycles. The van der Waals surface area contributed by atoms with Gasteiger partial charge in [0.15, 0.2) is 17.9 Å². The van der Waals surface area contributed by atoms with Crippen LogP contribution in [0, 0.1) is 5.92 Å². The number of aromatic hydroxyl groups is 2. The van der Waals surface area contributed by atoms with Crippen molar-refractivity contribution in [3.05, 3.63) is 51.6 Å². The number of phenolic OH excluding ortho intramolecular Hbond substituents is 2. The average molecular weight is 555 g/mol. The van der Waals surface area contributed by atoms with Crippen LogP contribution in [-0.4, -0.2) is 69.0 Å². The van der Waals surface area contributed by atoms with Crippen molar-refractivity contribution in [1.29, 1.82) is 0 Å². The summed E-state index contributed by atoms with van der Waals surface area (Å²) in [6.45, 7) is 4.93. The summed E-state index contributed by atoms with van der Waals surface area (Å²) in [6, 6.07) is 4.48. The minimum absolute atomic E-state index is 0.00190. The zero-order valence-electron chi connectivity index (χ0n) is 22.9. The number of fused-ring (bicyclic) bond motifs is 3. The van der Waals surface area contributed by atoms with Crippen LogP contribution in [0.15, 0.2) is 18.2 Å². The van der Waals surface area contributed by atoms with Crippen LogP contribution in [0.2, 0.25) is 0 Å². The van der Waals surface area contributed by atoms with Crippen molar-refractivity contribution in [3.8, 4) is 17.2 Å². The van der Waals surface area contributed by atoms with Crippen molar-refractivity contribution >= 4 is 17.3 Å². The maximum absolute atomic E-state index is 13.7. The van der Waals surface area contributed by atoms with Gasteiger partial charge in [0.05, 0.1) is 42.1 Å². The van der Waals surface area contributed by atoms with Gasteiger partial charge in [0.1, 0.15) is 22.8 Å². The lowest BCUT2D eigenvalue weighted by Crippen LogP contribution is -2.48. The Labute approximate surface area is 231 Å². The van der Waals surface area contributed by atoms with Crippen LogP contribution in [0.4, 0.5) is 0 Å². The molecule has 3 aliphatic rings. The number of phenols is 2. The number of carbonyl (C=O) groups is 3. The maximum Gasteiger partial charge on any atom is 0.202 e. The topological polar surface area (TPSA) is 160 Å². The molecule has 0 amide bonds. The minimum Gasteiger partial charge on any atom is -0.507 e. The van der Waals surface area contributed by atoms with E-state index in [0.29, 0.717) is 6.42 Å². The van der Waals surface area contributed by atoms with E-state index in [1.165, 1.54) is 32.2 Å². The zero-order valence-corrected chi connectivity index (χ0v) is 22.9. The molecule has 2 aliphatic carbocycles. The molecule has 4 N–H and O–H groups in total. The second-order valence-electron chi connectivity index (χ2n) is 11.0. The highest BCUT2D eigenvalue weighted by atomic mass is 16.7. The van der Waals surface area contributed by atoms with Gasteiger partial charge in [-0.3, -0.25) is 14.4 Å². The summed E-state index contributed by atoms with van der Waals surface area (Å²) >= 11 is 0. The Hall–Kier alpha value is -3.31. The standard InChI is InChI=1S/C30H34O10/c1-5-7-15-10-20(39-13(2)25(15)32)40-19-12-30(37,14(3)31)11-17-22(19)29(36)24-23(27(17)34)26(33)16-8-6-9-18(38-4)21(16)28(24)35/h6,8-9,13,15,19-20,25,32,34,36-37H,5,7,10-12H2,1-4H3. The van der Waals surface area contributed by atoms with E-state index in [4.69, 9.17) is 14.2 Å². The zero-order chi connectivity index (χ0) is 29.1. The van der Waals surface area contributed by atoms with E-state index in [-0.39, 0.29) is 40.3 Å². The molecule has 5 rings (SSSR count). The van der Waals surface area contributed by atoms with E-state index in [1.54, 1.807) is 6.92 Å². The molecule has 40 heavy (non-hydrogen) atoms. The third kappa shape index (κ3) is 4.30. The number of aliphatic hydroxyl groups excluding tert-OH is 1. The van der Waals surface area contributed by atoms with E-state index < -0.39 is 76.6 Å². The largest absolute Gasteiger partial charge is 0.507 e. The van der Waals surface area contributed by atoms with Gasteiger partial charge in [0.2, 0.25) is 5.78 Å². The quantitative estimate of drug-likeness (QED) is 0.333. The van der Waals surface area contributed by atoms with Crippen LogP contribution in [0.1, 0.15) is 95.5 Å². The van der Waals surface area contributed by atoms with Crippen LogP contribution < -0.4 is 4.74 Å². The smallest absolute Gasteiger partial charge is 0.202 e. The molecule has 0 bridgehead atoms. The monoisotopic (exact) mass is 554 g/mol. The predicted octanol–water partition coefficient (Wildman–Crippen LogP) is 3.12. The fraction of sp³-hybridized carbons (Fsp3) is 0.500. The van der Waals surface area contributed by atoms with E-state index in [1.807, 2.05) is 6.92 Å². The molecule has 0 aromatic heterocycles. The van der Waals surface area contributed by atoms with E-state index >= 15 is 0 Å². The Morgan fingerprint density at radius 3 is 2.48 bits per heavy atom. The van der Waals surface area contributed by atoms with E-state index in [0.717, 1.165) is 12.8 Å². The lowest BCUT2D eigenvalue weighted by atomic mass is 9.72. The van der Waals surface area contributed by atoms with Crippen LogP contribution in [-0.2, 0) is 20.7 Å². The summed E-state index contributed by atoms with van der Waals surface area (Å²) in [4.78, 5) is 39.9. The first-order chi connectivity index (χ1) is 18.9. The third-order valence-corrected chi connectivity index (χ3v) is 8.53. The van der Waals surface area contributed by atoms with E-state index in [2.05, 4.69) is 0 Å². The Bertz CT molecular complexity index is 1400. The third-order valence-electron chi connectivity index (χ3n) is 8.53. The Balaban J connectivity index is 1.65. The van der Waals surface area contributed by atoms with Crippen molar-refractivity contribution in [2.75, 3.05) is 7.11 Å². The molecule has 1 saturated heterocycles. The second-order valence-corrected chi connectivity index (χ2v) is 11.0. The van der Waals surface area contributed by atoms with Gasteiger partial charge >= 0.3 is 0 Å². The molecule has 10 heteroatoms. The van der Waals surface area contributed by atoms with Crippen LogP contribution in [0.5, 0.6) is 17.2 Å². The van der Waals surface area contributed by atoms with Crippen molar-refractivity contribution in [2.45, 2.75) is 83.1 Å². The number of aliphatic hydroxyl groups is 2. The number of ether oxygens (including phenoxy) is 3. The maximum atomic E-state index is 13.7. The molecular formula is C30H34O10. The lowest BCUT2D eigenvalue weighted by Gasteiger charge is -2.42. The summed E-state index contributed by atoms with van der Waals surface area (Å²) < 4.78 is 17.5. The number of Topliss-reactive ketones (excluding diaryl/α,β-unsaturated/α-hetero) is 1. The summed E-state index contributed by atoms with van der Waals surface area (Å²) in [7, 11) is 1.35. The van der Waals surface area contributed by atoms with Crippen molar-refractivity contribution in [3.63, 3.8) is 0 Å². The molecule has 0 spiro atoms. The molecule has 10 nitrogen and oxygen atoms in total. The molecule has 6 atom stereocenters. The number of ketones is 3. The average Bonchev–Trinajstić information content (AvgIpc) is 2.91. The van der Waals surface area contributed by atoms with Crippen LogP contribution >= 0.6 is 0 Å². The van der Waals surface area contributed by atoms with Crippen molar-refractivity contribution in [1.82, 2.24) is 0 Å². The molecule has 0 saturated carbocycles. The Morgan fingerprint density at radius 2 is 1.82 bits per heavy atom. The molecule has 1 fully saturated rings. The first kappa shape index (κ1) is 28.2. The molecule has 0 radical (unpaired) electrons. The molecule has 1 heterocycles. The highest BCUT2D eigenvalue weighted by Crippen LogP contribution is 2.52. The van der Waals surface area contributed by atoms with Crippen molar-refractivity contribution < 1.29 is 49.0 Å². The number of rotatable bonds is 6. The fourth-order valence-corrected chi connectivity index (χ4v) is 6.38. The summed E-state index contributed by atoms with van der Waals surface area (Å²) in [5, 5.41) is 44.9. The van der Waals surface area contributed by atoms with Gasteiger partial charge < -0.3 is 34.6 Å². The molecule has 2 aromatic carbocycles. The van der Waals surface area contributed by atoms with Gasteiger partial charge in [0, 0.05) is 36.0 Å². The van der Waals surface area contributed by atoms with Crippen LogP contribution in [0.3, 0.4) is 0 Å². The highest BCUT2D eigenvalue weighted by Gasteiger charge is 2.49. The van der Waals surface area contributed by atoms with Crippen molar-refractivity contribution in [2.24, 2.45) is 5.92 Å². The number of benzene rings is 2.